The van der Waals surface area contributed by atoms with Gasteiger partial charge in [0, 0.05) is 12.3 Å². The van der Waals surface area contributed by atoms with E-state index in [0.29, 0.717) is 25.5 Å². The third-order valence-electron chi connectivity index (χ3n) is 2.57. The molecule has 6 heteroatoms. The van der Waals surface area contributed by atoms with E-state index in [-0.39, 0.29) is 24.1 Å². The molecule has 1 amide bonds. The molecule has 0 aliphatic heterocycles. The Morgan fingerprint density at radius 2 is 2.25 bits per heavy atom. The monoisotopic (exact) mass is 284 g/mol. The van der Waals surface area contributed by atoms with Crippen molar-refractivity contribution in [2.45, 2.75) is 26.4 Å². The van der Waals surface area contributed by atoms with Gasteiger partial charge in [0.1, 0.15) is 5.82 Å². The van der Waals surface area contributed by atoms with Crippen molar-refractivity contribution < 1.29 is 18.7 Å². The number of carbonyl (C=O) groups excluding carboxylic acids is 1. The van der Waals surface area contributed by atoms with Gasteiger partial charge >= 0.3 is 0 Å². The molecular formula is C14H21FN2O3. The fraction of sp³-hybridized carbons (Fsp3) is 0.500. The van der Waals surface area contributed by atoms with Crippen LogP contribution in [0.1, 0.15) is 20.3 Å². The van der Waals surface area contributed by atoms with Gasteiger partial charge in [-0.15, -0.1) is 0 Å². The molecule has 0 radical (unpaired) electrons. The van der Waals surface area contributed by atoms with Gasteiger partial charge in [-0.05, 0) is 32.0 Å². The van der Waals surface area contributed by atoms with Crippen LogP contribution in [0.15, 0.2) is 18.2 Å². The van der Waals surface area contributed by atoms with E-state index in [9.17, 15) is 9.18 Å². The highest BCUT2D eigenvalue weighted by molar-refractivity contribution is 5.91. The van der Waals surface area contributed by atoms with Gasteiger partial charge in [0.05, 0.1) is 31.4 Å². The summed E-state index contributed by atoms with van der Waals surface area (Å²) < 4.78 is 23.6. The van der Waals surface area contributed by atoms with Crippen LogP contribution in [0.2, 0.25) is 0 Å². The van der Waals surface area contributed by atoms with Crippen molar-refractivity contribution in [3.63, 3.8) is 0 Å². The molecule has 0 heterocycles. The van der Waals surface area contributed by atoms with Crippen LogP contribution in [-0.4, -0.2) is 31.8 Å². The molecule has 1 rings (SSSR count). The van der Waals surface area contributed by atoms with Crippen molar-refractivity contribution in [2.24, 2.45) is 0 Å². The van der Waals surface area contributed by atoms with Gasteiger partial charge < -0.3 is 20.5 Å². The third-order valence-corrected chi connectivity index (χ3v) is 2.57. The molecule has 0 spiro atoms. The molecule has 5 nitrogen and oxygen atoms in total. The van der Waals surface area contributed by atoms with Crippen LogP contribution in [-0.2, 0) is 14.3 Å². The molecule has 0 bridgehead atoms. The fourth-order valence-corrected chi connectivity index (χ4v) is 1.53. The lowest BCUT2D eigenvalue weighted by Gasteiger charge is -2.12. The smallest absolute Gasteiger partial charge is 0.226 e. The minimum Gasteiger partial charge on any atom is -0.396 e. The van der Waals surface area contributed by atoms with E-state index in [1.165, 1.54) is 18.2 Å². The molecule has 1 atom stereocenters. The first-order valence-electron chi connectivity index (χ1n) is 6.57. The number of benzene rings is 1. The summed E-state index contributed by atoms with van der Waals surface area (Å²) >= 11 is 0. The maximum Gasteiger partial charge on any atom is 0.226 e. The topological polar surface area (TPSA) is 73.6 Å². The summed E-state index contributed by atoms with van der Waals surface area (Å²) in [7, 11) is 0. The molecule has 0 aromatic heterocycles. The van der Waals surface area contributed by atoms with E-state index in [2.05, 4.69) is 5.32 Å². The summed E-state index contributed by atoms with van der Waals surface area (Å²) in [6.07, 6.45) is 0.164. The van der Waals surface area contributed by atoms with Crippen LogP contribution in [0.4, 0.5) is 15.8 Å². The largest absolute Gasteiger partial charge is 0.396 e. The first kappa shape index (κ1) is 16.4. The second kappa shape index (κ2) is 8.50. The molecule has 0 fully saturated rings. The van der Waals surface area contributed by atoms with Gasteiger partial charge in [0.15, 0.2) is 0 Å². The summed E-state index contributed by atoms with van der Waals surface area (Å²) in [6, 6.07) is 4.06. The number of carbonyl (C=O) groups is 1. The number of hydrogen-bond acceptors (Lipinski definition) is 4. The van der Waals surface area contributed by atoms with Gasteiger partial charge in [-0.25, -0.2) is 4.39 Å². The van der Waals surface area contributed by atoms with Crippen LogP contribution in [0.3, 0.4) is 0 Å². The highest BCUT2D eigenvalue weighted by atomic mass is 19.1. The third kappa shape index (κ3) is 5.99. The minimum atomic E-state index is -0.504. The van der Waals surface area contributed by atoms with E-state index >= 15 is 0 Å². The zero-order chi connectivity index (χ0) is 15.0. The van der Waals surface area contributed by atoms with Gasteiger partial charge in [0.25, 0.3) is 0 Å². The summed E-state index contributed by atoms with van der Waals surface area (Å²) in [6.45, 7) is 5.24. The Hall–Kier alpha value is -1.66. The second-order valence-corrected chi connectivity index (χ2v) is 4.38. The Labute approximate surface area is 118 Å². The Balaban J connectivity index is 2.28. The number of rotatable bonds is 8. The van der Waals surface area contributed by atoms with Gasteiger partial charge in [-0.3, -0.25) is 4.79 Å². The van der Waals surface area contributed by atoms with Gasteiger partial charge in [-0.1, -0.05) is 0 Å². The van der Waals surface area contributed by atoms with E-state index in [1.807, 2.05) is 13.8 Å². The normalized spacial score (nSPS) is 12.2. The molecule has 0 saturated heterocycles. The number of halogens is 1. The SMILES string of the molecule is CCOCC(C)OCCC(=O)Nc1ccc(F)c(N)c1. The Morgan fingerprint density at radius 1 is 1.50 bits per heavy atom. The quantitative estimate of drug-likeness (QED) is 0.718. The molecule has 1 aromatic rings. The fourth-order valence-electron chi connectivity index (χ4n) is 1.53. The van der Waals surface area contributed by atoms with E-state index in [1.54, 1.807) is 0 Å². The Kier molecular flexibility index (Phi) is 6.97. The predicted octanol–water partition coefficient (Wildman–Crippen LogP) is 2.18. The number of ether oxygens (including phenoxy) is 2. The van der Waals surface area contributed by atoms with Crippen molar-refractivity contribution in [1.82, 2.24) is 0 Å². The van der Waals surface area contributed by atoms with Crippen molar-refractivity contribution >= 4 is 17.3 Å². The summed E-state index contributed by atoms with van der Waals surface area (Å²) in [5.74, 6) is -0.712. The highest BCUT2D eigenvalue weighted by Gasteiger charge is 2.07. The molecule has 0 saturated carbocycles. The van der Waals surface area contributed by atoms with Crippen LogP contribution in [0.5, 0.6) is 0 Å². The van der Waals surface area contributed by atoms with Crippen LogP contribution in [0.25, 0.3) is 0 Å². The number of amides is 1. The first-order valence-corrected chi connectivity index (χ1v) is 6.57. The molecule has 0 aliphatic carbocycles. The molecule has 1 aromatic carbocycles. The van der Waals surface area contributed by atoms with E-state index < -0.39 is 5.82 Å². The van der Waals surface area contributed by atoms with Crippen molar-refractivity contribution in [1.29, 1.82) is 0 Å². The highest BCUT2D eigenvalue weighted by Crippen LogP contribution is 2.16. The van der Waals surface area contributed by atoms with Gasteiger partial charge in [0.2, 0.25) is 5.91 Å². The maximum atomic E-state index is 13.0. The van der Waals surface area contributed by atoms with Crippen molar-refractivity contribution in [3.8, 4) is 0 Å². The standard InChI is InChI=1S/C14H21FN2O3/c1-3-19-9-10(2)20-7-6-14(18)17-11-4-5-12(15)13(16)8-11/h4-5,8,10H,3,6-7,9,16H2,1-2H3,(H,17,18). The zero-order valence-electron chi connectivity index (χ0n) is 11.8. The number of nitrogens with two attached hydrogens (primary N) is 1. The maximum absolute atomic E-state index is 13.0. The average molecular weight is 284 g/mol. The zero-order valence-corrected chi connectivity index (χ0v) is 11.8. The molecule has 1 unspecified atom stereocenters. The van der Waals surface area contributed by atoms with E-state index in [4.69, 9.17) is 15.2 Å². The predicted molar refractivity (Wildman–Crippen MR) is 76.0 cm³/mol. The molecule has 3 N–H and O–H groups in total. The second-order valence-electron chi connectivity index (χ2n) is 4.38. The molecule has 112 valence electrons. The lowest BCUT2D eigenvalue weighted by Crippen LogP contribution is -2.20. The van der Waals surface area contributed by atoms with Crippen LogP contribution < -0.4 is 11.1 Å². The van der Waals surface area contributed by atoms with Crippen molar-refractivity contribution in [2.75, 3.05) is 30.9 Å². The lowest BCUT2D eigenvalue weighted by molar-refractivity contribution is -0.118. The molecular weight excluding hydrogens is 263 g/mol. The van der Waals surface area contributed by atoms with Gasteiger partial charge in [-0.2, -0.15) is 0 Å². The minimum absolute atomic E-state index is 0.00406. The first-order chi connectivity index (χ1) is 9.52. The number of hydrogen-bond donors (Lipinski definition) is 2. The number of nitrogens with one attached hydrogen (secondary N) is 1. The Bertz CT molecular complexity index is 440. The molecule has 0 aliphatic rings. The molecule has 20 heavy (non-hydrogen) atoms. The summed E-state index contributed by atoms with van der Waals surface area (Å²) in [4.78, 5) is 11.6. The average Bonchev–Trinajstić information content (AvgIpc) is 2.40. The van der Waals surface area contributed by atoms with Crippen molar-refractivity contribution in [3.05, 3.63) is 24.0 Å². The number of anilines is 2. The number of nitrogen functional groups attached to an aromatic ring is 1. The van der Waals surface area contributed by atoms with Crippen LogP contribution >= 0.6 is 0 Å². The Morgan fingerprint density at radius 3 is 2.90 bits per heavy atom. The summed E-state index contributed by atoms with van der Waals surface area (Å²) in [5, 5.41) is 2.63. The van der Waals surface area contributed by atoms with Crippen LogP contribution in [0, 0.1) is 5.82 Å². The lowest BCUT2D eigenvalue weighted by atomic mass is 10.2. The van der Waals surface area contributed by atoms with E-state index in [0.717, 1.165) is 0 Å². The summed E-state index contributed by atoms with van der Waals surface area (Å²) in [5.41, 5.74) is 5.89.